The SMILES string of the molecule is COc1ccc(C(C)NC(=O)c2cc3ccccc3cc2NC(=O)C2CC2)cc1F. The zero-order valence-electron chi connectivity index (χ0n) is 16.9. The van der Waals surface area contributed by atoms with Gasteiger partial charge in [0, 0.05) is 5.92 Å². The number of ether oxygens (including phenoxy) is 1. The van der Waals surface area contributed by atoms with Gasteiger partial charge in [0.15, 0.2) is 11.6 Å². The van der Waals surface area contributed by atoms with Crippen molar-refractivity contribution < 1.29 is 18.7 Å². The number of carbonyl (C=O) groups is 2. The first-order valence-electron chi connectivity index (χ1n) is 9.94. The number of benzene rings is 3. The third-order valence-electron chi connectivity index (χ3n) is 5.36. The van der Waals surface area contributed by atoms with Gasteiger partial charge >= 0.3 is 0 Å². The third kappa shape index (κ3) is 4.13. The van der Waals surface area contributed by atoms with Crippen LogP contribution in [0.1, 0.15) is 41.7 Å². The first-order valence-corrected chi connectivity index (χ1v) is 9.94. The Kier molecular flexibility index (Phi) is 5.40. The minimum atomic E-state index is -0.487. The van der Waals surface area contributed by atoms with Gasteiger partial charge in [-0.1, -0.05) is 30.3 Å². The molecule has 0 aliphatic heterocycles. The zero-order valence-corrected chi connectivity index (χ0v) is 16.9. The number of rotatable bonds is 6. The fourth-order valence-corrected chi connectivity index (χ4v) is 3.42. The number of anilines is 1. The Hall–Kier alpha value is -3.41. The molecule has 1 fully saturated rings. The van der Waals surface area contributed by atoms with Gasteiger partial charge in [-0.15, -0.1) is 0 Å². The molecule has 3 aromatic carbocycles. The Morgan fingerprint density at radius 1 is 1.07 bits per heavy atom. The van der Waals surface area contributed by atoms with Crippen LogP contribution in [0.15, 0.2) is 54.6 Å². The van der Waals surface area contributed by atoms with Crippen LogP contribution < -0.4 is 15.4 Å². The molecule has 2 amide bonds. The summed E-state index contributed by atoms with van der Waals surface area (Å²) in [5.74, 6) is -0.718. The zero-order chi connectivity index (χ0) is 21.3. The summed E-state index contributed by atoms with van der Waals surface area (Å²) in [7, 11) is 1.40. The van der Waals surface area contributed by atoms with E-state index in [0.717, 1.165) is 23.6 Å². The number of halogens is 1. The Morgan fingerprint density at radius 3 is 2.40 bits per heavy atom. The normalized spacial score (nSPS) is 14.2. The monoisotopic (exact) mass is 406 g/mol. The highest BCUT2D eigenvalue weighted by Crippen LogP contribution is 2.32. The van der Waals surface area contributed by atoms with Crippen LogP contribution in [0.25, 0.3) is 10.8 Å². The molecule has 1 aliphatic rings. The first kappa shape index (κ1) is 19.9. The van der Waals surface area contributed by atoms with Crippen LogP contribution in [0.2, 0.25) is 0 Å². The van der Waals surface area contributed by atoms with E-state index < -0.39 is 11.9 Å². The Morgan fingerprint density at radius 2 is 1.77 bits per heavy atom. The summed E-state index contributed by atoms with van der Waals surface area (Å²) in [6.07, 6.45) is 1.75. The van der Waals surface area contributed by atoms with Gasteiger partial charge in [0.2, 0.25) is 5.91 Å². The molecule has 30 heavy (non-hydrogen) atoms. The Balaban J connectivity index is 1.62. The van der Waals surface area contributed by atoms with E-state index in [4.69, 9.17) is 4.74 Å². The number of carbonyl (C=O) groups excluding carboxylic acids is 2. The third-order valence-corrected chi connectivity index (χ3v) is 5.36. The van der Waals surface area contributed by atoms with Gasteiger partial charge in [-0.3, -0.25) is 9.59 Å². The number of methoxy groups -OCH3 is 1. The van der Waals surface area contributed by atoms with Gasteiger partial charge in [0.25, 0.3) is 5.91 Å². The quantitative estimate of drug-likeness (QED) is 0.616. The molecule has 2 N–H and O–H groups in total. The van der Waals surface area contributed by atoms with Crippen molar-refractivity contribution in [1.82, 2.24) is 5.32 Å². The maximum atomic E-state index is 14.0. The van der Waals surface area contributed by atoms with Crippen molar-refractivity contribution in [2.75, 3.05) is 12.4 Å². The molecule has 6 heteroatoms. The highest BCUT2D eigenvalue weighted by atomic mass is 19.1. The van der Waals surface area contributed by atoms with Crippen LogP contribution >= 0.6 is 0 Å². The summed E-state index contributed by atoms with van der Waals surface area (Å²) in [4.78, 5) is 25.4. The summed E-state index contributed by atoms with van der Waals surface area (Å²) < 4.78 is 19.0. The van der Waals surface area contributed by atoms with E-state index in [-0.39, 0.29) is 23.5 Å². The standard InChI is InChI=1S/C24H23FN2O3/c1-14(16-9-10-22(30-2)20(25)12-16)26-24(29)19-11-17-5-3-4-6-18(17)13-21(19)27-23(28)15-7-8-15/h3-6,9-15H,7-8H2,1-2H3,(H,26,29)(H,27,28). The topological polar surface area (TPSA) is 67.4 Å². The highest BCUT2D eigenvalue weighted by Gasteiger charge is 2.30. The van der Waals surface area contributed by atoms with E-state index in [0.29, 0.717) is 16.8 Å². The second kappa shape index (κ2) is 8.14. The van der Waals surface area contributed by atoms with Crippen molar-refractivity contribution in [2.45, 2.75) is 25.8 Å². The molecule has 154 valence electrons. The molecule has 0 radical (unpaired) electrons. The van der Waals surface area contributed by atoms with Crippen LogP contribution in [-0.4, -0.2) is 18.9 Å². The molecule has 1 saturated carbocycles. The molecule has 0 bridgehead atoms. The number of fused-ring (bicyclic) bond motifs is 1. The van der Waals surface area contributed by atoms with Crippen molar-refractivity contribution in [3.63, 3.8) is 0 Å². The molecule has 1 aliphatic carbocycles. The minimum Gasteiger partial charge on any atom is -0.494 e. The van der Waals surface area contributed by atoms with Crippen LogP contribution in [0, 0.1) is 11.7 Å². The van der Waals surface area contributed by atoms with Gasteiger partial charge < -0.3 is 15.4 Å². The van der Waals surface area contributed by atoms with E-state index in [9.17, 15) is 14.0 Å². The molecule has 0 saturated heterocycles. The Bertz CT molecular complexity index is 1120. The van der Waals surface area contributed by atoms with E-state index in [1.807, 2.05) is 30.3 Å². The Labute approximate surface area is 174 Å². The molecule has 0 heterocycles. The number of amides is 2. The molecule has 5 nitrogen and oxygen atoms in total. The van der Waals surface area contributed by atoms with Crippen molar-refractivity contribution in [2.24, 2.45) is 5.92 Å². The molecule has 3 aromatic rings. The van der Waals surface area contributed by atoms with E-state index in [2.05, 4.69) is 10.6 Å². The lowest BCUT2D eigenvalue weighted by atomic mass is 10.0. The van der Waals surface area contributed by atoms with Gasteiger partial charge in [-0.05, 0) is 60.4 Å². The van der Waals surface area contributed by atoms with Crippen molar-refractivity contribution in [1.29, 1.82) is 0 Å². The molecule has 1 atom stereocenters. The van der Waals surface area contributed by atoms with Crippen molar-refractivity contribution in [3.05, 3.63) is 71.5 Å². The molecular weight excluding hydrogens is 383 g/mol. The van der Waals surface area contributed by atoms with Crippen LogP contribution in [-0.2, 0) is 4.79 Å². The minimum absolute atomic E-state index is 0.0218. The fraction of sp³-hybridized carbons (Fsp3) is 0.250. The first-order chi connectivity index (χ1) is 14.5. The average molecular weight is 406 g/mol. The number of nitrogens with one attached hydrogen (secondary N) is 2. The summed E-state index contributed by atoms with van der Waals surface area (Å²) in [5, 5.41) is 7.64. The fourth-order valence-electron chi connectivity index (χ4n) is 3.42. The predicted octanol–water partition coefficient (Wildman–Crippen LogP) is 4.83. The van der Waals surface area contributed by atoms with Crippen molar-refractivity contribution in [3.8, 4) is 5.75 Å². The lowest BCUT2D eigenvalue weighted by Gasteiger charge is -2.18. The number of hydrogen-bond donors (Lipinski definition) is 2. The van der Waals surface area contributed by atoms with Crippen LogP contribution in [0.4, 0.5) is 10.1 Å². The maximum Gasteiger partial charge on any atom is 0.253 e. The molecule has 4 rings (SSSR count). The second-order valence-corrected chi connectivity index (χ2v) is 7.60. The highest BCUT2D eigenvalue weighted by molar-refractivity contribution is 6.08. The molecule has 1 unspecified atom stereocenters. The molecule has 0 spiro atoms. The van der Waals surface area contributed by atoms with Gasteiger partial charge in [-0.25, -0.2) is 4.39 Å². The summed E-state index contributed by atoms with van der Waals surface area (Å²) >= 11 is 0. The average Bonchev–Trinajstić information content (AvgIpc) is 3.58. The molecular formula is C24H23FN2O3. The second-order valence-electron chi connectivity index (χ2n) is 7.60. The van der Waals surface area contributed by atoms with Crippen LogP contribution in [0.3, 0.4) is 0 Å². The summed E-state index contributed by atoms with van der Waals surface area (Å²) in [5.41, 5.74) is 1.48. The lowest BCUT2D eigenvalue weighted by Crippen LogP contribution is -2.28. The smallest absolute Gasteiger partial charge is 0.253 e. The van der Waals surface area contributed by atoms with Gasteiger partial charge in [0.05, 0.1) is 24.4 Å². The summed E-state index contributed by atoms with van der Waals surface area (Å²) in [6.45, 7) is 1.78. The largest absolute Gasteiger partial charge is 0.494 e. The maximum absolute atomic E-state index is 14.0. The van der Waals surface area contributed by atoms with E-state index in [1.54, 1.807) is 19.1 Å². The van der Waals surface area contributed by atoms with Gasteiger partial charge in [0.1, 0.15) is 0 Å². The van der Waals surface area contributed by atoms with E-state index >= 15 is 0 Å². The van der Waals surface area contributed by atoms with Gasteiger partial charge in [-0.2, -0.15) is 0 Å². The molecule has 0 aromatic heterocycles. The van der Waals surface area contributed by atoms with Crippen molar-refractivity contribution >= 4 is 28.3 Å². The lowest BCUT2D eigenvalue weighted by molar-refractivity contribution is -0.117. The summed E-state index contributed by atoms with van der Waals surface area (Å²) in [6, 6.07) is 15.4. The predicted molar refractivity (Wildman–Crippen MR) is 114 cm³/mol. The van der Waals surface area contributed by atoms with Crippen LogP contribution in [0.5, 0.6) is 5.75 Å². The number of hydrogen-bond acceptors (Lipinski definition) is 3. The van der Waals surface area contributed by atoms with E-state index in [1.165, 1.54) is 19.2 Å².